The molecule has 0 radical (unpaired) electrons. The molecule has 0 saturated carbocycles. The van der Waals surface area contributed by atoms with Gasteiger partial charge in [0, 0.05) is 6.20 Å². The Hall–Kier alpha value is -2.04. The van der Waals surface area contributed by atoms with E-state index < -0.39 is 5.97 Å². The second-order valence-corrected chi connectivity index (χ2v) is 2.81. The maximum Gasteiger partial charge on any atom is 0.341 e. The summed E-state index contributed by atoms with van der Waals surface area (Å²) >= 11 is 0. The molecule has 72 valence electrons. The van der Waals surface area contributed by atoms with Gasteiger partial charge in [-0.2, -0.15) is 0 Å². The monoisotopic (exact) mass is 191 g/mol. The zero-order chi connectivity index (χ0) is 10.1. The average Bonchev–Trinajstić information content (AvgIpc) is 2.56. The Labute approximate surface area is 80.1 Å². The van der Waals surface area contributed by atoms with Gasteiger partial charge in [0.05, 0.1) is 12.6 Å². The Morgan fingerprint density at radius 1 is 1.64 bits per heavy atom. The highest BCUT2D eigenvalue weighted by Crippen LogP contribution is 2.18. The summed E-state index contributed by atoms with van der Waals surface area (Å²) in [5.74, 6) is -0.0915. The summed E-state index contributed by atoms with van der Waals surface area (Å²) in [5, 5.41) is 0. The van der Waals surface area contributed by atoms with Crippen LogP contribution in [0.1, 0.15) is 10.4 Å². The Balaban J connectivity index is 2.68. The molecular formula is C9H9N3O2. The number of esters is 1. The molecule has 0 amide bonds. The molecule has 0 aliphatic carbocycles. The summed E-state index contributed by atoms with van der Waals surface area (Å²) in [4.78, 5) is 15.2. The van der Waals surface area contributed by atoms with Crippen LogP contribution in [-0.4, -0.2) is 22.5 Å². The van der Waals surface area contributed by atoms with Crippen LogP contribution in [0.2, 0.25) is 0 Å². The summed E-state index contributed by atoms with van der Waals surface area (Å²) in [7, 11) is 1.32. The molecule has 2 aromatic heterocycles. The van der Waals surface area contributed by atoms with Crippen molar-refractivity contribution in [2.45, 2.75) is 0 Å². The van der Waals surface area contributed by atoms with Crippen LogP contribution in [0.4, 0.5) is 5.82 Å². The van der Waals surface area contributed by atoms with Gasteiger partial charge in [0.25, 0.3) is 0 Å². The molecule has 2 N–H and O–H groups in total. The molecule has 0 spiro atoms. The zero-order valence-corrected chi connectivity index (χ0v) is 7.60. The lowest BCUT2D eigenvalue weighted by Crippen LogP contribution is -2.04. The van der Waals surface area contributed by atoms with Gasteiger partial charge in [-0.1, -0.05) is 0 Å². The van der Waals surface area contributed by atoms with E-state index in [2.05, 4.69) is 9.72 Å². The number of fused-ring (bicyclic) bond motifs is 1. The fourth-order valence-electron chi connectivity index (χ4n) is 1.32. The van der Waals surface area contributed by atoms with Crippen molar-refractivity contribution in [3.05, 3.63) is 30.2 Å². The predicted octanol–water partition coefficient (Wildman–Crippen LogP) is 0.703. The van der Waals surface area contributed by atoms with Crippen molar-refractivity contribution in [3.8, 4) is 0 Å². The predicted molar refractivity (Wildman–Crippen MR) is 50.9 cm³/mol. The molecule has 0 aliphatic rings. The van der Waals surface area contributed by atoms with Crippen molar-refractivity contribution in [2.24, 2.45) is 0 Å². The topological polar surface area (TPSA) is 69.6 Å². The molecule has 2 aromatic rings. The van der Waals surface area contributed by atoms with Crippen LogP contribution in [-0.2, 0) is 4.74 Å². The lowest BCUT2D eigenvalue weighted by atomic mass is 10.3. The highest BCUT2D eigenvalue weighted by Gasteiger charge is 2.14. The summed E-state index contributed by atoms with van der Waals surface area (Å²) in [6.45, 7) is 0. The first kappa shape index (κ1) is 8.55. The number of nitrogens with zero attached hydrogens (tertiary/aromatic N) is 2. The maximum absolute atomic E-state index is 11.3. The largest absolute Gasteiger partial charge is 0.465 e. The molecule has 5 nitrogen and oxygen atoms in total. The first-order valence-electron chi connectivity index (χ1n) is 4.03. The van der Waals surface area contributed by atoms with Gasteiger partial charge in [0.1, 0.15) is 17.7 Å². The van der Waals surface area contributed by atoms with Crippen LogP contribution in [0.15, 0.2) is 24.7 Å². The minimum absolute atomic E-state index is 0.347. The van der Waals surface area contributed by atoms with Gasteiger partial charge >= 0.3 is 5.97 Å². The Morgan fingerprint density at radius 2 is 2.43 bits per heavy atom. The van der Waals surface area contributed by atoms with Crippen molar-refractivity contribution < 1.29 is 9.53 Å². The van der Waals surface area contributed by atoms with Gasteiger partial charge in [0.2, 0.25) is 0 Å². The standard InChI is InChI=1S/C9H9N3O2/c1-14-9(13)7-4-6-2-3-11-5-12(6)8(7)10/h2-5H,10H2,1H3. The second kappa shape index (κ2) is 3.02. The van der Waals surface area contributed by atoms with Crippen molar-refractivity contribution in [1.29, 1.82) is 0 Å². The number of hydrogen-bond donors (Lipinski definition) is 1. The third kappa shape index (κ3) is 1.10. The molecule has 0 aliphatic heterocycles. The van der Waals surface area contributed by atoms with Gasteiger partial charge in [-0.3, -0.25) is 4.40 Å². The van der Waals surface area contributed by atoms with E-state index in [9.17, 15) is 4.79 Å². The van der Waals surface area contributed by atoms with Crippen molar-refractivity contribution in [1.82, 2.24) is 9.38 Å². The number of ether oxygens (including phenoxy) is 1. The van der Waals surface area contributed by atoms with Gasteiger partial charge in [-0.25, -0.2) is 9.78 Å². The minimum Gasteiger partial charge on any atom is -0.465 e. The van der Waals surface area contributed by atoms with E-state index in [1.807, 2.05) is 0 Å². The lowest BCUT2D eigenvalue weighted by Gasteiger charge is -1.97. The third-order valence-electron chi connectivity index (χ3n) is 2.02. The maximum atomic E-state index is 11.3. The number of anilines is 1. The van der Waals surface area contributed by atoms with Crippen molar-refractivity contribution in [3.63, 3.8) is 0 Å². The van der Waals surface area contributed by atoms with E-state index >= 15 is 0 Å². The smallest absolute Gasteiger partial charge is 0.341 e. The number of aromatic nitrogens is 2. The van der Waals surface area contributed by atoms with Gasteiger partial charge in [-0.05, 0) is 12.1 Å². The summed E-state index contributed by atoms with van der Waals surface area (Å²) in [6.07, 6.45) is 3.19. The molecule has 0 unspecified atom stereocenters. The zero-order valence-electron chi connectivity index (χ0n) is 7.60. The third-order valence-corrected chi connectivity index (χ3v) is 2.02. The number of carbonyl (C=O) groups excluding carboxylic acids is 1. The number of nitrogen functional groups attached to an aromatic ring is 1. The molecular weight excluding hydrogens is 182 g/mol. The van der Waals surface area contributed by atoms with E-state index in [1.165, 1.54) is 7.11 Å². The molecule has 0 bridgehead atoms. The first-order chi connectivity index (χ1) is 6.74. The molecule has 0 fully saturated rings. The van der Waals surface area contributed by atoms with Crippen molar-refractivity contribution >= 4 is 17.3 Å². The van der Waals surface area contributed by atoms with Gasteiger partial charge in [0.15, 0.2) is 0 Å². The fraction of sp³-hybridized carbons (Fsp3) is 0.111. The Morgan fingerprint density at radius 3 is 3.07 bits per heavy atom. The SMILES string of the molecule is COC(=O)c1cc2ccncn2c1N. The number of nitrogens with two attached hydrogens (primary N) is 1. The molecule has 14 heavy (non-hydrogen) atoms. The fourth-order valence-corrected chi connectivity index (χ4v) is 1.32. The quantitative estimate of drug-likeness (QED) is 0.674. The molecule has 0 atom stereocenters. The molecule has 5 heteroatoms. The Bertz CT molecular complexity index is 490. The molecule has 2 heterocycles. The summed E-state index contributed by atoms with van der Waals surface area (Å²) < 4.78 is 6.23. The van der Waals surface area contributed by atoms with Crippen LogP contribution in [0.25, 0.3) is 5.52 Å². The molecule has 2 rings (SSSR count). The minimum atomic E-state index is -0.439. The molecule has 0 saturated heterocycles. The first-order valence-corrected chi connectivity index (χ1v) is 4.03. The summed E-state index contributed by atoms with van der Waals surface area (Å²) in [6, 6.07) is 3.44. The van der Waals surface area contributed by atoms with Gasteiger partial charge < -0.3 is 10.5 Å². The highest BCUT2D eigenvalue weighted by molar-refractivity contribution is 5.96. The van der Waals surface area contributed by atoms with E-state index in [0.29, 0.717) is 11.4 Å². The van der Waals surface area contributed by atoms with E-state index in [0.717, 1.165) is 5.52 Å². The summed E-state index contributed by atoms with van der Waals surface area (Å²) in [5.41, 5.74) is 6.92. The molecule has 0 aromatic carbocycles. The van der Waals surface area contributed by atoms with Gasteiger partial charge in [-0.15, -0.1) is 0 Å². The van der Waals surface area contributed by atoms with Crippen LogP contribution in [0.3, 0.4) is 0 Å². The normalized spacial score (nSPS) is 10.4. The van der Waals surface area contributed by atoms with E-state index in [-0.39, 0.29) is 0 Å². The van der Waals surface area contributed by atoms with Crippen LogP contribution >= 0.6 is 0 Å². The van der Waals surface area contributed by atoms with E-state index in [1.54, 1.807) is 29.1 Å². The highest BCUT2D eigenvalue weighted by atomic mass is 16.5. The van der Waals surface area contributed by atoms with Crippen LogP contribution in [0, 0.1) is 0 Å². The number of hydrogen-bond acceptors (Lipinski definition) is 4. The lowest BCUT2D eigenvalue weighted by molar-refractivity contribution is 0.0602. The number of carbonyl (C=O) groups is 1. The number of methoxy groups -OCH3 is 1. The number of rotatable bonds is 1. The second-order valence-electron chi connectivity index (χ2n) is 2.81. The van der Waals surface area contributed by atoms with E-state index in [4.69, 9.17) is 5.73 Å². The van der Waals surface area contributed by atoms with Crippen molar-refractivity contribution in [2.75, 3.05) is 12.8 Å². The van der Waals surface area contributed by atoms with Crippen LogP contribution < -0.4 is 5.73 Å². The average molecular weight is 191 g/mol. The Kier molecular flexibility index (Phi) is 1.85. The van der Waals surface area contributed by atoms with Crippen LogP contribution in [0.5, 0.6) is 0 Å².